The number of amides is 2. The first-order valence-electron chi connectivity index (χ1n) is 7.57. The number of hydrogen-bond donors (Lipinski definition) is 2. The smallest absolute Gasteiger partial charge is 0.227 e. The van der Waals surface area contributed by atoms with Crippen molar-refractivity contribution in [2.45, 2.75) is 32.1 Å². The molecule has 0 aromatic heterocycles. The molecule has 1 aliphatic rings. The molecule has 0 bridgehead atoms. The van der Waals surface area contributed by atoms with Crippen LogP contribution in [0.3, 0.4) is 0 Å². The highest BCUT2D eigenvalue weighted by atomic mass is 35.5. The number of anilines is 1. The molecule has 0 aliphatic carbocycles. The monoisotopic (exact) mass is 325 g/mol. The summed E-state index contributed by atoms with van der Waals surface area (Å²) >= 11 is 0. The molecule has 1 aliphatic heterocycles. The Morgan fingerprint density at radius 2 is 2.00 bits per heavy atom. The number of carbonyl (C=O) groups is 2. The van der Waals surface area contributed by atoms with Crippen LogP contribution in [0.25, 0.3) is 0 Å². The molecule has 0 atom stereocenters. The van der Waals surface area contributed by atoms with Crippen molar-refractivity contribution in [3.05, 3.63) is 29.8 Å². The van der Waals surface area contributed by atoms with Gasteiger partial charge in [-0.05, 0) is 37.4 Å². The molecule has 22 heavy (non-hydrogen) atoms. The number of fused-ring (bicyclic) bond motifs is 1. The molecule has 0 saturated carbocycles. The van der Waals surface area contributed by atoms with Crippen LogP contribution in [-0.4, -0.2) is 31.4 Å². The first-order chi connectivity index (χ1) is 10.2. The molecular weight excluding hydrogens is 302 g/mol. The molecule has 0 fully saturated rings. The Labute approximate surface area is 137 Å². The minimum Gasteiger partial charge on any atom is -0.356 e. The van der Waals surface area contributed by atoms with E-state index in [4.69, 9.17) is 5.73 Å². The minimum atomic E-state index is -0.0112. The van der Waals surface area contributed by atoms with E-state index in [1.807, 2.05) is 24.3 Å². The van der Waals surface area contributed by atoms with Crippen LogP contribution in [0.2, 0.25) is 0 Å². The summed E-state index contributed by atoms with van der Waals surface area (Å²) in [5, 5.41) is 2.86. The van der Waals surface area contributed by atoms with E-state index in [1.165, 1.54) is 5.56 Å². The Morgan fingerprint density at radius 1 is 1.23 bits per heavy atom. The van der Waals surface area contributed by atoms with Gasteiger partial charge in [0.15, 0.2) is 0 Å². The van der Waals surface area contributed by atoms with Gasteiger partial charge in [0.2, 0.25) is 11.8 Å². The Kier molecular flexibility index (Phi) is 7.91. The number of hydrogen-bond acceptors (Lipinski definition) is 3. The Bertz CT molecular complexity index is 508. The summed E-state index contributed by atoms with van der Waals surface area (Å²) in [5.74, 6) is 0.0903. The van der Waals surface area contributed by atoms with E-state index in [0.717, 1.165) is 24.9 Å². The van der Waals surface area contributed by atoms with Gasteiger partial charge >= 0.3 is 0 Å². The van der Waals surface area contributed by atoms with Crippen molar-refractivity contribution >= 4 is 29.9 Å². The number of nitrogens with zero attached hydrogens (tertiary/aromatic N) is 1. The summed E-state index contributed by atoms with van der Waals surface area (Å²) in [6.07, 6.45) is 3.46. The maximum absolute atomic E-state index is 12.0. The normalized spacial score (nSPS) is 13.3. The standard InChI is InChI=1S/C16H23N3O2.ClH/c17-10-3-4-11-18-15(20)9-12-19-14-6-2-1-5-13(14)7-8-16(19)21;/h1-2,5-6H,3-4,7-12,17H2,(H,18,20);1H. The highest BCUT2D eigenvalue weighted by Crippen LogP contribution is 2.27. The van der Waals surface area contributed by atoms with E-state index in [-0.39, 0.29) is 24.2 Å². The largest absolute Gasteiger partial charge is 0.356 e. The van der Waals surface area contributed by atoms with Crippen LogP contribution in [-0.2, 0) is 16.0 Å². The minimum absolute atomic E-state index is 0. The lowest BCUT2D eigenvalue weighted by molar-refractivity contribution is -0.121. The van der Waals surface area contributed by atoms with Gasteiger partial charge in [-0.15, -0.1) is 12.4 Å². The highest BCUT2D eigenvalue weighted by Gasteiger charge is 2.23. The van der Waals surface area contributed by atoms with Gasteiger partial charge < -0.3 is 16.0 Å². The zero-order chi connectivity index (χ0) is 15.1. The van der Waals surface area contributed by atoms with Gasteiger partial charge in [0.05, 0.1) is 0 Å². The first-order valence-corrected chi connectivity index (χ1v) is 7.57. The second kappa shape index (κ2) is 9.43. The van der Waals surface area contributed by atoms with Gasteiger partial charge in [0, 0.05) is 31.6 Å². The third kappa shape index (κ3) is 5.00. The summed E-state index contributed by atoms with van der Waals surface area (Å²) in [6, 6.07) is 7.90. The average molecular weight is 326 g/mol. The van der Waals surface area contributed by atoms with E-state index in [9.17, 15) is 9.59 Å². The fourth-order valence-corrected chi connectivity index (χ4v) is 2.54. The number of rotatable bonds is 7. The Morgan fingerprint density at radius 3 is 2.77 bits per heavy atom. The van der Waals surface area contributed by atoms with Gasteiger partial charge in [-0.1, -0.05) is 18.2 Å². The van der Waals surface area contributed by atoms with Gasteiger partial charge in [-0.25, -0.2) is 0 Å². The number of unbranched alkanes of at least 4 members (excludes halogenated alkanes) is 1. The predicted octanol–water partition coefficient (Wildman–Crippen LogP) is 1.63. The van der Waals surface area contributed by atoms with Crippen molar-refractivity contribution < 1.29 is 9.59 Å². The quantitative estimate of drug-likeness (QED) is 0.748. The van der Waals surface area contributed by atoms with Gasteiger partial charge in [-0.2, -0.15) is 0 Å². The summed E-state index contributed by atoms with van der Waals surface area (Å²) in [6.45, 7) is 1.74. The lowest BCUT2D eigenvalue weighted by Gasteiger charge is -2.29. The van der Waals surface area contributed by atoms with E-state index >= 15 is 0 Å². The Hall–Kier alpha value is -1.59. The second-order valence-electron chi connectivity index (χ2n) is 5.27. The highest BCUT2D eigenvalue weighted by molar-refractivity contribution is 5.96. The van der Waals surface area contributed by atoms with Crippen molar-refractivity contribution in [1.82, 2.24) is 5.32 Å². The van der Waals surface area contributed by atoms with Crippen LogP contribution in [0.1, 0.15) is 31.2 Å². The maximum atomic E-state index is 12.0. The third-order valence-corrected chi connectivity index (χ3v) is 3.71. The molecule has 0 unspecified atom stereocenters. The molecule has 122 valence electrons. The predicted molar refractivity (Wildman–Crippen MR) is 90.3 cm³/mol. The van der Waals surface area contributed by atoms with E-state index < -0.39 is 0 Å². The van der Waals surface area contributed by atoms with E-state index in [1.54, 1.807) is 4.90 Å². The molecule has 2 rings (SSSR count). The lowest BCUT2D eigenvalue weighted by Crippen LogP contribution is -2.38. The molecule has 1 aromatic carbocycles. The van der Waals surface area contributed by atoms with Crippen LogP contribution in [0.4, 0.5) is 5.69 Å². The van der Waals surface area contributed by atoms with E-state index in [0.29, 0.717) is 32.5 Å². The fraction of sp³-hybridized carbons (Fsp3) is 0.500. The molecule has 3 N–H and O–H groups in total. The molecule has 6 heteroatoms. The summed E-state index contributed by atoms with van der Waals surface area (Å²) in [4.78, 5) is 25.6. The van der Waals surface area contributed by atoms with Gasteiger partial charge in [0.1, 0.15) is 0 Å². The number of carbonyl (C=O) groups excluding carboxylic acids is 2. The van der Waals surface area contributed by atoms with E-state index in [2.05, 4.69) is 5.32 Å². The number of halogens is 1. The number of benzene rings is 1. The van der Waals surface area contributed by atoms with Crippen molar-refractivity contribution in [2.24, 2.45) is 5.73 Å². The molecule has 0 radical (unpaired) electrons. The van der Waals surface area contributed by atoms with Crippen molar-refractivity contribution in [3.63, 3.8) is 0 Å². The zero-order valence-corrected chi connectivity index (χ0v) is 13.5. The molecule has 1 aromatic rings. The Balaban J connectivity index is 0.00000242. The molecule has 0 saturated heterocycles. The second-order valence-corrected chi connectivity index (χ2v) is 5.27. The SMILES string of the molecule is Cl.NCCCCNC(=O)CCN1C(=O)CCc2ccccc21. The summed E-state index contributed by atoms with van der Waals surface area (Å²) in [5.41, 5.74) is 7.53. The summed E-state index contributed by atoms with van der Waals surface area (Å²) in [7, 11) is 0. The number of nitrogens with one attached hydrogen (secondary N) is 1. The van der Waals surface area contributed by atoms with Crippen LogP contribution in [0, 0.1) is 0 Å². The number of nitrogens with two attached hydrogens (primary N) is 1. The van der Waals surface area contributed by atoms with Crippen molar-refractivity contribution in [3.8, 4) is 0 Å². The number of aryl methyl sites for hydroxylation is 1. The number of para-hydroxylation sites is 1. The van der Waals surface area contributed by atoms with Crippen molar-refractivity contribution in [2.75, 3.05) is 24.5 Å². The zero-order valence-electron chi connectivity index (χ0n) is 12.7. The molecular formula is C16H24ClN3O2. The maximum Gasteiger partial charge on any atom is 0.227 e. The average Bonchev–Trinajstić information content (AvgIpc) is 2.50. The molecule has 2 amide bonds. The van der Waals surface area contributed by atoms with Crippen LogP contribution < -0.4 is 16.0 Å². The van der Waals surface area contributed by atoms with Crippen LogP contribution in [0.15, 0.2) is 24.3 Å². The van der Waals surface area contributed by atoms with Crippen LogP contribution in [0.5, 0.6) is 0 Å². The van der Waals surface area contributed by atoms with Crippen LogP contribution >= 0.6 is 12.4 Å². The van der Waals surface area contributed by atoms with Gasteiger partial charge in [-0.3, -0.25) is 9.59 Å². The fourth-order valence-electron chi connectivity index (χ4n) is 2.54. The first kappa shape index (κ1) is 18.5. The molecule has 1 heterocycles. The summed E-state index contributed by atoms with van der Waals surface area (Å²) < 4.78 is 0. The third-order valence-electron chi connectivity index (χ3n) is 3.71. The molecule has 0 spiro atoms. The lowest BCUT2D eigenvalue weighted by atomic mass is 10.0. The van der Waals surface area contributed by atoms with Gasteiger partial charge in [0.25, 0.3) is 0 Å². The molecule has 5 nitrogen and oxygen atoms in total. The topological polar surface area (TPSA) is 75.4 Å². The van der Waals surface area contributed by atoms with Crippen molar-refractivity contribution in [1.29, 1.82) is 0 Å².